The molecule has 1 unspecified atom stereocenters. The molecular weight excluding hydrogens is 244 g/mol. The second-order valence-corrected chi connectivity index (χ2v) is 7.31. The molecule has 1 rings (SSSR count). The van der Waals surface area contributed by atoms with Gasteiger partial charge in [0.05, 0.1) is 13.2 Å². The van der Waals surface area contributed by atoms with Crippen LogP contribution in [0, 0.1) is 0 Å². The van der Waals surface area contributed by atoms with Gasteiger partial charge in [-0.25, -0.2) is 0 Å². The van der Waals surface area contributed by atoms with Crippen LogP contribution in [-0.4, -0.2) is 28.8 Å². The third kappa shape index (κ3) is 6.31. The maximum absolute atomic E-state index is 9.93. The van der Waals surface area contributed by atoms with E-state index in [1.165, 1.54) is 5.56 Å². The Labute approximate surface area is 115 Å². The Morgan fingerprint density at radius 1 is 1.22 bits per heavy atom. The number of benzene rings is 1. The van der Waals surface area contributed by atoms with E-state index < -0.39 is 0 Å². The summed E-state index contributed by atoms with van der Waals surface area (Å²) in [6, 6.07) is 8.04. The summed E-state index contributed by atoms with van der Waals surface area (Å²) in [6.45, 7) is 6.52. The summed E-state index contributed by atoms with van der Waals surface area (Å²) >= 11 is 1.81. The van der Waals surface area contributed by atoms with Crippen LogP contribution < -0.4 is 4.74 Å². The number of ether oxygens (including phenoxy) is 1. The topological polar surface area (TPSA) is 29.5 Å². The average molecular weight is 268 g/mol. The van der Waals surface area contributed by atoms with Crippen LogP contribution in [-0.2, 0) is 6.42 Å². The van der Waals surface area contributed by atoms with Crippen molar-refractivity contribution in [1.29, 1.82) is 0 Å². The molecule has 0 heterocycles. The molecule has 0 saturated carbocycles. The fraction of sp³-hybridized carbons (Fsp3) is 0.600. The molecule has 0 spiro atoms. The lowest BCUT2D eigenvalue weighted by atomic mass is 10.1. The Balaban J connectivity index is 2.31. The molecule has 0 fully saturated rings. The number of thioether (sulfide) groups is 1. The zero-order valence-corrected chi connectivity index (χ0v) is 12.6. The second-order valence-electron chi connectivity index (χ2n) is 5.46. The fourth-order valence-corrected chi connectivity index (χ4v) is 2.41. The first kappa shape index (κ1) is 15.4. The van der Waals surface area contributed by atoms with Gasteiger partial charge in [-0.15, -0.1) is 0 Å². The molecular formula is C15H24O2S. The summed E-state index contributed by atoms with van der Waals surface area (Å²) < 4.78 is 5.34. The lowest BCUT2D eigenvalue weighted by molar-refractivity contribution is 0.189. The third-order valence-electron chi connectivity index (χ3n) is 2.63. The van der Waals surface area contributed by atoms with Gasteiger partial charge in [-0.3, -0.25) is 0 Å². The van der Waals surface area contributed by atoms with Gasteiger partial charge in [0.25, 0.3) is 0 Å². The van der Waals surface area contributed by atoms with Crippen molar-refractivity contribution in [3.8, 4) is 5.75 Å². The van der Waals surface area contributed by atoms with Gasteiger partial charge in [0.15, 0.2) is 0 Å². The van der Waals surface area contributed by atoms with Crippen LogP contribution in [0.1, 0.15) is 32.8 Å². The average Bonchev–Trinajstić information content (AvgIpc) is 2.33. The molecule has 0 aliphatic heterocycles. The summed E-state index contributed by atoms with van der Waals surface area (Å²) in [5.74, 6) is 1.68. The van der Waals surface area contributed by atoms with Crippen molar-refractivity contribution >= 4 is 11.8 Å². The van der Waals surface area contributed by atoms with Crippen molar-refractivity contribution in [2.75, 3.05) is 12.9 Å². The van der Waals surface area contributed by atoms with Gasteiger partial charge < -0.3 is 9.84 Å². The Morgan fingerprint density at radius 2 is 1.83 bits per heavy atom. The van der Waals surface area contributed by atoms with Gasteiger partial charge in [0.1, 0.15) is 5.75 Å². The van der Waals surface area contributed by atoms with Crippen LogP contribution in [0.2, 0.25) is 0 Å². The molecule has 0 bridgehead atoms. The number of aliphatic hydroxyl groups is 1. The van der Waals surface area contributed by atoms with E-state index in [9.17, 15) is 5.11 Å². The van der Waals surface area contributed by atoms with Gasteiger partial charge in [-0.2, -0.15) is 11.8 Å². The first-order valence-corrected chi connectivity index (χ1v) is 7.34. The van der Waals surface area contributed by atoms with Gasteiger partial charge in [0.2, 0.25) is 0 Å². The SMILES string of the molecule is COc1ccc(CCC(O)CSC(C)(C)C)cc1. The molecule has 1 aromatic carbocycles. The lowest BCUT2D eigenvalue weighted by Crippen LogP contribution is -2.17. The quantitative estimate of drug-likeness (QED) is 0.856. The van der Waals surface area contributed by atoms with Crippen molar-refractivity contribution in [1.82, 2.24) is 0 Å². The normalized spacial score (nSPS) is 13.4. The van der Waals surface area contributed by atoms with Gasteiger partial charge in [-0.1, -0.05) is 32.9 Å². The van der Waals surface area contributed by atoms with Gasteiger partial charge in [0, 0.05) is 10.5 Å². The van der Waals surface area contributed by atoms with Crippen LogP contribution in [0.4, 0.5) is 0 Å². The highest BCUT2D eigenvalue weighted by molar-refractivity contribution is 8.00. The van der Waals surface area contributed by atoms with E-state index in [1.807, 2.05) is 23.9 Å². The monoisotopic (exact) mass is 268 g/mol. The van der Waals surface area contributed by atoms with Crippen LogP contribution in [0.15, 0.2) is 24.3 Å². The first-order chi connectivity index (χ1) is 8.40. The molecule has 1 aromatic rings. The maximum Gasteiger partial charge on any atom is 0.118 e. The van der Waals surface area contributed by atoms with Crippen LogP contribution >= 0.6 is 11.8 Å². The van der Waals surface area contributed by atoms with E-state index in [1.54, 1.807) is 7.11 Å². The Bertz CT molecular complexity index is 341. The number of aryl methyl sites for hydroxylation is 1. The largest absolute Gasteiger partial charge is 0.497 e. The highest BCUT2D eigenvalue weighted by atomic mass is 32.2. The summed E-state index contributed by atoms with van der Waals surface area (Å²) in [5, 5.41) is 9.93. The number of hydrogen-bond donors (Lipinski definition) is 1. The van der Waals surface area contributed by atoms with Crippen molar-refractivity contribution in [2.24, 2.45) is 0 Å². The minimum absolute atomic E-state index is 0.223. The number of methoxy groups -OCH3 is 1. The molecule has 2 nitrogen and oxygen atoms in total. The van der Waals surface area contributed by atoms with Crippen LogP contribution in [0.3, 0.4) is 0 Å². The standard InChI is InChI=1S/C15H24O2S/c1-15(2,3)18-11-13(16)8-5-12-6-9-14(17-4)10-7-12/h6-7,9-10,13,16H,5,8,11H2,1-4H3. The molecule has 0 aliphatic carbocycles. The van der Waals surface area contributed by atoms with Crippen LogP contribution in [0.25, 0.3) is 0 Å². The molecule has 0 aliphatic rings. The minimum atomic E-state index is -0.226. The van der Waals surface area contributed by atoms with Crippen LogP contribution in [0.5, 0.6) is 5.75 Å². The van der Waals surface area contributed by atoms with Crippen molar-refractivity contribution < 1.29 is 9.84 Å². The molecule has 1 N–H and O–H groups in total. The maximum atomic E-state index is 9.93. The molecule has 102 valence electrons. The number of rotatable bonds is 6. The van der Waals surface area contributed by atoms with E-state index >= 15 is 0 Å². The number of hydrogen-bond acceptors (Lipinski definition) is 3. The molecule has 18 heavy (non-hydrogen) atoms. The summed E-state index contributed by atoms with van der Waals surface area (Å²) in [7, 11) is 1.67. The fourth-order valence-electron chi connectivity index (χ4n) is 1.56. The highest BCUT2D eigenvalue weighted by Gasteiger charge is 2.13. The zero-order valence-electron chi connectivity index (χ0n) is 11.8. The van der Waals surface area contributed by atoms with E-state index in [0.29, 0.717) is 0 Å². The second kappa shape index (κ2) is 7.05. The molecule has 1 atom stereocenters. The molecule has 0 saturated heterocycles. The molecule has 0 amide bonds. The zero-order chi connectivity index (χ0) is 13.6. The van der Waals surface area contributed by atoms with Crippen molar-refractivity contribution in [2.45, 2.75) is 44.5 Å². The highest BCUT2D eigenvalue weighted by Crippen LogP contribution is 2.24. The summed E-state index contributed by atoms with van der Waals surface area (Å²) in [6.07, 6.45) is 1.50. The predicted molar refractivity (Wildman–Crippen MR) is 79.5 cm³/mol. The minimum Gasteiger partial charge on any atom is -0.497 e. The lowest BCUT2D eigenvalue weighted by Gasteiger charge is -2.20. The molecule has 0 radical (unpaired) electrons. The van der Waals surface area contributed by atoms with E-state index in [4.69, 9.17) is 4.74 Å². The predicted octanol–water partition coefficient (Wildman–Crippen LogP) is 3.52. The first-order valence-electron chi connectivity index (χ1n) is 6.35. The third-order valence-corrected chi connectivity index (χ3v) is 4.05. The summed E-state index contributed by atoms with van der Waals surface area (Å²) in [4.78, 5) is 0. The van der Waals surface area contributed by atoms with Gasteiger partial charge in [-0.05, 0) is 30.5 Å². The van der Waals surface area contributed by atoms with Crippen molar-refractivity contribution in [3.05, 3.63) is 29.8 Å². The summed E-state index contributed by atoms with van der Waals surface area (Å²) in [5.41, 5.74) is 1.25. The smallest absolute Gasteiger partial charge is 0.118 e. The Morgan fingerprint density at radius 3 is 2.33 bits per heavy atom. The van der Waals surface area contributed by atoms with E-state index in [-0.39, 0.29) is 10.9 Å². The van der Waals surface area contributed by atoms with E-state index in [2.05, 4.69) is 32.9 Å². The Kier molecular flexibility index (Phi) is 6.03. The molecule has 3 heteroatoms. The van der Waals surface area contributed by atoms with Crippen molar-refractivity contribution in [3.63, 3.8) is 0 Å². The number of aliphatic hydroxyl groups excluding tert-OH is 1. The Hall–Kier alpha value is -0.670. The van der Waals surface area contributed by atoms with E-state index in [0.717, 1.165) is 24.3 Å². The molecule has 0 aromatic heterocycles. The van der Waals surface area contributed by atoms with Gasteiger partial charge >= 0.3 is 0 Å².